The predicted molar refractivity (Wildman–Crippen MR) is 84.7 cm³/mol. The highest BCUT2D eigenvalue weighted by molar-refractivity contribution is 7.53. The number of hydrogen-bond donors (Lipinski definition) is 1. The molecule has 6 nitrogen and oxygen atoms in total. The quantitative estimate of drug-likeness (QED) is 0.855. The monoisotopic (exact) mass is 333 g/mol. The van der Waals surface area contributed by atoms with Crippen LogP contribution in [0.1, 0.15) is 21.7 Å². The Labute approximate surface area is 133 Å². The van der Waals surface area contributed by atoms with Crippen molar-refractivity contribution in [2.75, 3.05) is 14.2 Å². The van der Waals surface area contributed by atoms with Gasteiger partial charge in [0.2, 0.25) is 0 Å². The maximum absolute atomic E-state index is 12.8. The second-order valence-electron chi connectivity index (χ2n) is 5.21. The number of hydrogen-bond acceptors (Lipinski definition) is 4. The summed E-state index contributed by atoms with van der Waals surface area (Å²) in [5.41, 5.74) is 0.764. The van der Waals surface area contributed by atoms with E-state index in [4.69, 9.17) is 9.26 Å². The molecule has 2 atom stereocenters. The van der Waals surface area contributed by atoms with Gasteiger partial charge in [-0.15, -0.1) is 0 Å². The fourth-order valence-electron chi connectivity index (χ4n) is 2.62. The van der Waals surface area contributed by atoms with Crippen molar-refractivity contribution in [1.82, 2.24) is 4.90 Å². The Kier molecular flexibility index (Phi) is 3.88. The van der Waals surface area contributed by atoms with Crippen molar-refractivity contribution >= 4 is 13.5 Å². The number of fused-ring (bicyclic) bond motifs is 1. The Morgan fingerprint density at radius 2 is 1.83 bits per heavy atom. The van der Waals surface area contributed by atoms with E-state index in [0.29, 0.717) is 11.3 Å². The zero-order valence-electron chi connectivity index (χ0n) is 12.7. The lowest BCUT2D eigenvalue weighted by Crippen LogP contribution is -2.30. The summed E-state index contributed by atoms with van der Waals surface area (Å²) in [6.07, 6.45) is 0. The first-order chi connectivity index (χ1) is 10.9. The molecule has 1 aliphatic rings. The average Bonchev–Trinajstić information content (AvgIpc) is 2.61. The fraction of sp³-hybridized carbons (Fsp3) is 0.188. The van der Waals surface area contributed by atoms with Gasteiger partial charge in [0.05, 0.1) is 12.7 Å². The van der Waals surface area contributed by atoms with Crippen LogP contribution in [0.2, 0.25) is 0 Å². The number of carbonyl (C=O) groups excluding carboxylic acids is 1. The van der Waals surface area contributed by atoms with E-state index in [2.05, 4.69) is 0 Å². The molecule has 1 amide bonds. The van der Waals surface area contributed by atoms with Crippen LogP contribution in [0, 0.1) is 0 Å². The molecule has 0 bridgehead atoms. The van der Waals surface area contributed by atoms with Gasteiger partial charge in [0, 0.05) is 7.05 Å². The van der Waals surface area contributed by atoms with Crippen molar-refractivity contribution in [2.24, 2.45) is 0 Å². The molecule has 0 fully saturated rings. The number of carbonyl (C=O) groups is 1. The van der Waals surface area contributed by atoms with Crippen LogP contribution in [-0.2, 0) is 4.57 Å². The standard InChI is InChI=1S/C16H16NO5P/c1-17-15(18)13-5-3-4-6-14(13)22-23(19,20)16(17)11-7-9-12(21-2)10-8-11/h3-10,16H,1-2H3,(H,19,20). The highest BCUT2D eigenvalue weighted by Crippen LogP contribution is 2.59. The fourth-order valence-corrected chi connectivity index (χ4v) is 4.25. The topological polar surface area (TPSA) is 76.1 Å². The summed E-state index contributed by atoms with van der Waals surface area (Å²) in [7, 11) is -1.12. The van der Waals surface area contributed by atoms with Crippen LogP contribution in [0.15, 0.2) is 48.5 Å². The van der Waals surface area contributed by atoms with E-state index in [-0.39, 0.29) is 17.2 Å². The molecule has 0 aliphatic carbocycles. The molecule has 3 rings (SSSR count). The summed E-state index contributed by atoms with van der Waals surface area (Å²) >= 11 is 0. The van der Waals surface area contributed by atoms with Gasteiger partial charge in [0.25, 0.3) is 5.91 Å². The minimum atomic E-state index is -4.15. The molecule has 120 valence electrons. The summed E-state index contributed by atoms with van der Waals surface area (Å²) in [4.78, 5) is 24.3. The first kappa shape index (κ1) is 15.6. The van der Waals surface area contributed by atoms with Crippen molar-refractivity contribution in [3.8, 4) is 11.5 Å². The van der Waals surface area contributed by atoms with Crippen LogP contribution in [0.25, 0.3) is 0 Å². The van der Waals surface area contributed by atoms with Gasteiger partial charge in [-0.3, -0.25) is 4.79 Å². The van der Waals surface area contributed by atoms with Gasteiger partial charge < -0.3 is 19.1 Å². The summed E-state index contributed by atoms with van der Waals surface area (Å²) in [5.74, 6) is -0.721. The van der Waals surface area contributed by atoms with Crippen LogP contribution in [-0.4, -0.2) is 29.9 Å². The third kappa shape index (κ3) is 2.71. The van der Waals surface area contributed by atoms with Gasteiger partial charge in [-0.2, -0.15) is 0 Å². The molecule has 1 N–H and O–H groups in total. The van der Waals surface area contributed by atoms with E-state index in [1.165, 1.54) is 25.1 Å². The van der Waals surface area contributed by atoms with Gasteiger partial charge >= 0.3 is 7.60 Å². The maximum atomic E-state index is 12.8. The van der Waals surface area contributed by atoms with Gasteiger partial charge in [-0.1, -0.05) is 24.3 Å². The third-order valence-corrected chi connectivity index (χ3v) is 5.48. The summed E-state index contributed by atoms with van der Waals surface area (Å²) in [6.45, 7) is 0. The molecule has 0 radical (unpaired) electrons. The first-order valence-electron chi connectivity index (χ1n) is 6.96. The van der Waals surface area contributed by atoms with Crippen molar-refractivity contribution in [2.45, 2.75) is 5.78 Å². The van der Waals surface area contributed by atoms with E-state index >= 15 is 0 Å². The molecule has 0 spiro atoms. The maximum Gasteiger partial charge on any atom is 0.403 e. The van der Waals surface area contributed by atoms with Crippen LogP contribution in [0.3, 0.4) is 0 Å². The number of para-hydroxylation sites is 1. The summed E-state index contributed by atoms with van der Waals surface area (Å²) < 4.78 is 23.2. The number of amides is 1. The van der Waals surface area contributed by atoms with Gasteiger partial charge in [-0.25, -0.2) is 4.57 Å². The van der Waals surface area contributed by atoms with Crippen molar-refractivity contribution in [3.05, 3.63) is 59.7 Å². The lowest BCUT2D eigenvalue weighted by molar-refractivity contribution is 0.0770. The smallest absolute Gasteiger partial charge is 0.403 e. The van der Waals surface area contributed by atoms with E-state index in [9.17, 15) is 14.3 Å². The largest absolute Gasteiger partial charge is 0.497 e. The Bertz CT molecular complexity index is 789. The molecule has 1 heterocycles. The van der Waals surface area contributed by atoms with Crippen LogP contribution < -0.4 is 9.26 Å². The Morgan fingerprint density at radius 3 is 2.48 bits per heavy atom. The third-order valence-electron chi connectivity index (χ3n) is 3.76. The van der Waals surface area contributed by atoms with Crippen LogP contribution in [0.4, 0.5) is 0 Å². The number of ether oxygens (including phenoxy) is 1. The highest BCUT2D eigenvalue weighted by Gasteiger charge is 2.44. The summed E-state index contributed by atoms with van der Waals surface area (Å²) in [5, 5.41) is 0. The molecule has 7 heteroatoms. The lowest BCUT2D eigenvalue weighted by Gasteiger charge is -2.28. The SMILES string of the molecule is COc1ccc(C2N(C)C(=O)c3ccccc3OP2(=O)O)cc1. The first-order valence-corrected chi connectivity index (χ1v) is 8.61. The molecular formula is C16H16NO5P. The van der Waals surface area contributed by atoms with Gasteiger partial charge in [0.15, 0.2) is 5.78 Å². The van der Waals surface area contributed by atoms with Crippen LogP contribution in [0.5, 0.6) is 11.5 Å². The predicted octanol–water partition coefficient (Wildman–Crippen LogP) is 3.04. The normalized spacial score (nSPS) is 23.7. The highest BCUT2D eigenvalue weighted by atomic mass is 31.2. The molecule has 2 aromatic rings. The molecule has 2 aromatic carbocycles. The molecule has 2 unspecified atom stereocenters. The van der Waals surface area contributed by atoms with E-state index < -0.39 is 13.4 Å². The van der Waals surface area contributed by atoms with E-state index in [0.717, 1.165) is 0 Å². The number of nitrogens with zero attached hydrogens (tertiary/aromatic N) is 1. The van der Waals surface area contributed by atoms with Crippen molar-refractivity contribution in [3.63, 3.8) is 0 Å². The number of rotatable bonds is 2. The molecule has 23 heavy (non-hydrogen) atoms. The molecule has 0 saturated heterocycles. The zero-order valence-corrected chi connectivity index (χ0v) is 13.6. The van der Waals surface area contributed by atoms with E-state index in [1.807, 2.05) is 0 Å². The minimum Gasteiger partial charge on any atom is -0.497 e. The Morgan fingerprint density at radius 1 is 1.17 bits per heavy atom. The second-order valence-corrected chi connectivity index (χ2v) is 7.01. The zero-order chi connectivity index (χ0) is 16.6. The molecule has 0 saturated carbocycles. The van der Waals surface area contributed by atoms with Crippen LogP contribution >= 0.6 is 7.60 Å². The van der Waals surface area contributed by atoms with Crippen molar-refractivity contribution < 1.29 is 23.5 Å². The molecule has 1 aliphatic heterocycles. The average molecular weight is 333 g/mol. The number of benzene rings is 2. The van der Waals surface area contributed by atoms with Gasteiger partial charge in [-0.05, 0) is 29.8 Å². The van der Waals surface area contributed by atoms with E-state index in [1.54, 1.807) is 42.5 Å². The minimum absolute atomic E-state index is 0.117. The Balaban J connectivity index is 2.10. The number of methoxy groups -OCH3 is 1. The molecular weight excluding hydrogens is 317 g/mol. The second kappa shape index (κ2) is 5.72. The Hall–Kier alpha value is -2.30. The lowest BCUT2D eigenvalue weighted by atomic mass is 10.1. The summed E-state index contributed by atoms with van der Waals surface area (Å²) in [6, 6.07) is 13.1. The van der Waals surface area contributed by atoms with Gasteiger partial charge in [0.1, 0.15) is 11.5 Å². The van der Waals surface area contributed by atoms with Crippen molar-refractivity contribution in [1.29, 1.82) is 0 Å². The molecule has 0 aromatic heterocycles.